The molecule has 158 valence electrons. The van der Waals surface area contributed by atoms with Gasteiger partial charge in [0.1, 0.15) is 5.75 Å². The van der Waals surface area contributed by atoms with Crippen LogP contribution in [0.3, 0.4) is 0 Å². The standard InChI is InChI=1S/C23H31NO4S/c1-5-18(4)24(23(25)22(6-2)20-11-9-8-10-12-20)17-19-13-15-21(16-14-19)28-29(26,27)7-3/h8-16,18,22H,5-7,17H2,1-4H3. The molecule has 0 bridgehead atoms. The monoisotopic (exact) mass is 417 g/mol. The molecule has 0 spiro atoms. The summed E-state index contributed by atoms with van der Waals surface area (Å²) in [6, 6.07) is 16.9. The van der Waals surface area contributed by atoms with E-state index in [1.807, 2.05) is 54.3 Å². The molecule has 0 aliphatic carbocycles. The van der Waals surface area contributed by atoms with E-state index in [4.69, 9.17) is 4.18 Å². The Balaban J connectivity index is 2.21. The molecule has 2 atom stereocenters. The molecule has 6 heteroatoms. The fraction of sp³-hybridized carbons (Fsp3) is 0.435. The van der Waals surface area contributed by atoms with Gasteiger partial charge in [-0.05, 0) is 49.9 Å². The third kappa shape index (κ3) is 6.32. The smallest absolute Gasteiger partial charge is 0.308 e. The summed E-state index contributed by atoms with van der Waals surface area (Å²) < 4.78 is 28.3. The van der Waals surface area contributed by atoms with E-state index in [1.165, 1.54) is 6.92 Å². The maximum absolute atomic E-state index is 13.4. The topological polar surface area (TPSA) is 63.7 Å². The lowest BCUT2D eigenvalue weighted by molar-refractivity contribution is -0.135. The molecule has 2 rings (SSSR count). The van der Waals surface area contributed by atoms with Crippen LogP contribution in [-0.4, -0.2) is 31.0 Å². The van der Waals surface area contributed by atoms with Crippen LogP contribution in [-0.2, 0) is 21.5 Å². The summed E-state index contributed by atoms with van der Waals surface area (Å²) in [4.78, 5) is 15.3. The maximum Gasteiger partial charge on any atom is 0.308 e. The second-order valence-electron chi connectivity index (χ2n) is 7.17. The van der Waals surface area contributed by atoms with Gasteiger partial charge in [0.05, 0.1) is 11.7 Å². The molecule has 2 aromatic rings. The quantitative estimate of drug-likeness (QED) is 0.524. The van der Waals surface area contributed by atoms with Gasteiger partial charge >= 0.3 is 10.1 Å². The van der Waals surface area contributed by atoms with Gasteiger partial charge in [-0.1, -0.05) is 56.3 Å². The van der Waals surface area contributed by atoms with Crippen LogP contribution < -0.4 is 4.18 Å². The molecule has 0 heterocycles. The number of amides is 1. The third-order valence-electron chi connectivity index (χ3n) is 5.17. The fourth-order valence-corrected chi connectivity index (χ4v) is 3.68. The van der Waals surface area contributed by atoms with Crippen LogP contribution in [0.15, 0.2) is 54.6 Å². The SMILES string of the molecule is CCC(C(=O)N(Cc1ccc(OS(=O)(=O)CC)cc1)C(C)CC)c1ccccc1. The van der Waals surface area contributed by atoms with Gasteiger partial charge in [-0.2, -0.15) is 8.42 Å². The summed E-state index contributed by atoms with van der Waals surface area (Å²) in [6.07, 6.45) is 1.59. The Bertz CT molecular complexity index is 879. The van der Waals surface area contributed by atoms with Gasteiger partial charge in [-0.15, -0.1) is 0 Å². The Morgan fingerprint density at radius 1 is 0.966 bits per heavy atom. The van der Waals surface area contributed by atoms with Gasteiger partial charge in [0, 0.05) is 12.6 Å². The predicted octanol–water partition coefficient (Wildman–Crippen LogP) is 4.74. The van der Waals surface area contributed by atoms with Crippen LogP contribution in [0.25, 0.3) is 0 Å². The molecule has 2 aromatic carbocycles. The van der Waals surface area contributed by atoms with Crippen molar-refractivity contribution >= 4 is 16.0 Å². The number of nitrogens with zero attached hydrogens (tertiary/aromatic N) is 1. The zero-order valence-corrected chi connectivity index (χ0v) is 18.5. The lowest BCUT2D eigenvalue weighted by Gasteiger charge is -2.32. The van der Waals surface area contributed by atoms with Crippen molar-refractivity contribution < 1.29 is 17.4 Å². The average molecular weight is 418 g/mol. The van der Waals surface area contributed by atoms with Crippen molar-refractivity contribution in [2.24, 2.45) is 0 Å². The van der Waals surface area contributed by atoms with Crippen LogP contribution in [0.5, 0.6) is 5.75 Å². The minimum atomic E-state index is -3.55. The molecular weight excluding hydrogens is 386 g/mol. The van der Waals surface area contributed by atoms with Gasteiger partial charge in [-0.25, -0.2) is 0 Å². The largest absolute Gasteiger partial charge is 0.382 e. The molecule has 29 heavy (non-hydrogen) atoms. The van der Waals surface area contributed by atoms with Crippen molar-refractivity contribution in [3.63, 3.8) is 0 Å². The van der Waals surface area contributed by atoms with E-state index < -0.39 is 10.1 Å². The highest BCUT2D eigenvalue weighted by Crippen LogP contribution is 2.25. The highest BCUT2D eigenvalue weighted by Gasteiger charge is 2.27. The summed E-state index contributed by atoms with van der Waals surface area (Å²) in [5.74, 6) is 0.139. The lowest BCUT2D eigenvalue weighted by atomic mass is 9.94. The fourth-order valence-electron chi connectivity index (χ4n) is 3.16. The van der Waals surface area contributed by atoms with E-state index in [0.29, 0.717) is 6.54 Å². The Labute approximate surface area is 174 Å². The van der Waals surface area contributed by atoms with Crippen molar-refractivity contribution in [3.05, 3.63) is 65.7 Å². The van der Waals surface area contributed by atoms with E-state index in [1.54, 1.807) is 12.1 Å². The summed E-state index contributed by atoms with van der Waals surface area (Å²) in [6.45, 7) is 8.17. The highest BCUT2D eigenvalue weighted by atomic mass is 32.2. The molecule has 0 fully saturated rings. The first kappa shape index (κ1) is 22.9. The first-order chi connectivity index (χ1) is 13.8. The first-order valence-electron chi connectivity index (χ1n) is 10.2. The van der Waals surface area contributed by atoms with Crippen LogP contribution in [0.1, 0.15) is 57.6 Å². The van der Waals surface area contributed by atoms with Crippen molar-refractivity contribution in [1.29, 1.82) is 0 Å². The van der Waals surface area contributed by atoms with E-state index >= 15 is 0 Å². The van der Waals surface area contributed by atoms with Crippen molar-refractivity contribution in [3.8, 4) is 5.75 Å². The van der Waals surface area contributed by atoms with Gasteiger partial charge in [0.15, 0.2) is 0 Å². The number of hydrogen-bond acceptors (Lipinski definition) is 4. The van der Waals surface area contributed by atoms with Gasteiger partial charge in [0.2, 0.25) is 5.91 Å². The Morgan fingerprint density at radius 3 is 2.10 bits per heavy atom. The second kappa shape index (κ2) is 10.4. The van der Waals surface area contributed by atoms with Gasteiger partial charge < -0.3 is 9.08 Å². The summed E-state index contributed by atoms with van der Waals surface area (Å²) in [5, 5.41) is 0. The van der Waals surface area contributed by atoms with E-state index in [-0.39, 0.29) is 29.4 Å². The molecule has 1 amide bonds. The highest BCUT2D eigenvalue weighted by molar-refractivity contribution is 7.87. The van der Waals surface area contributed by atoms with E-state index in [0.717, 1.165) is 24.0 Å². The van der Waals surface area contributed by atoms with Crippen LogP contribution in [0, 0.1) is 0 Å². The zero-order valence-electron chi connectivity index (χ0n) is 17.7. The summed E-state index contributed by atoms with van der Waals surface area (Å²) in [5.41, 5.74) is 1.96. The minimum Gasteiger partial charge on any atom is -0.382 e. The maximum atomic E-state index is 13.4. The van der Waals surface area contributed by atoms with Crippen LogP contribution in [0.2, 0.25) is 0 Å². The first-order valence-corrected chi connectivity index (χ1v) is 11.8. The van der Waals surface area contributed by atoms with Gasteiger partial charge in [0.25, 0.3) is 0 Å². The second-order valence-corrected chi connectivity index (χ2v) is 9.03. The molecule has 0 aromatic heterocycles. The molecule has 2 unspecified atom stereocenters. The van der Waals surface area contributed by atoms with Crippen LogP contribution >= 0.6 is 0 Å². The molecule has 0 aliphatic rings. The lowest BCUT2D eigenvalue weighted by Crippen LogP contribution is -2.40. The van der Waals surface area contributed by atoms with Crippen molar-refractivity contribution in [2.45, 2.75) is 59.0 Å². The molecule has 0 saturated carbocycles. The zero-order chi connectivity index (χ0) is 21.4. The van der Waals surface area contributed by atoms with Crippen molar-refractivity contribution in [1.82, 2.24) is 4.90 Å². The number of carbonyl (C=O) groups excluding carboxylic acids is 1. The average Bonchev–Trinajstić information content (AvgIpc) is 2.73. The Morgan fingerprint density at radius 2 is 1.59 bits per heavy atom. The predicted molar refractivity (Wildman–Crippen MR) is 116 cm³/mol. The molecule has 5 nitrogen and oxygen atoms in total. The normalized spacial score (nSPS) is 13.5. The third-order valence-corrected chi connectivity index (χ3v) is 6.32. The Kier molecular flexibility index (Phi) is 8.26. The molecule has 0 aliphatic heterocycles. The minimum absolute atomic E-state index is 0.0804. The number of carbonyl (C=O) groups is 1. The Hall–Kier alpha value is -2.34. The molecule has 0 N–H and O–H groups in total. The summed E-state index contributed by atoms with van der Waals surface area (Å²) >= 11 is 0. The van der Waals surface area contributed by atoms with E-state index in [9.17, 15) is 13.2 Å². The van der Waals surface area contributed by atoms with Crippen LogP contribution in [0.4, 0.5) is 0 Å². The molecule has 0 saturated heterocycles. The van der Waals surface area contributed by atoms with E-state index in [2.05, 4.69) is 13.8 Å². The number of rotatable bonds is 10. The number of hydrogen-bond donors (Lipinski definition) is 0. The molecule has 0 radical (unpaired) electrons. The molecular formula is C23H31NO4S. The summed E-state index contributed by atoms with van der Waals surface area (Å²) in [7, 11) is -3.55. The van der Waals surface area contributed by atoms with Crippen molar-refractivity contribution in [2.75, 3.05) is 5.75 Å². The van der Waals surface area contributed by atoms with Gasteiger partial charge in [-0.3, -0.25) is 4.79 Å². The number of benzene rings is 2.